The van der Waals surface area contributed by atoms with Gasteiger partial charge in [0.1, 0.15) is 0 Å². The van der Waals surface area contributed by atoms with Crippen molar-refractivity contribution < 1.29 is 8.95 Å². The average molecular weight is 309 g/mol. The van der Waals surface area contributed by atoms with E-state index in [-0.39, 0.29) is 6.04 Å². The van der Waals surface area contributed by atoms with E-state index in [1.54, 1.807) is 0 Å². The van der Waals surface area contributed by atoms with Crippen LogP contribution in [0.3, 0.4) is 0 Å². The Morgan fingerprint density at radius 3 is 2.62 bits per heavy atom. The number of hydrogen-bond acceptors (Lipinski definition) is 3. The largest absolute Gasteiger partial charge is 0.381 e. The Morgan fingerprint density at radius 1 is 1.29 bits per heavy atom. The molecule has 1 saturated heterocycles. The maximum Gasteiger partial charge on any atom is 0.0477 e. The van der Waals surface area contributed by atoms with Crippen LogP contribution in [0.2, 0.25) is 0 Å². The summed E-state index contributed by atoms with van der Waals surface area (Å²) in [7, 11) is -0.793. The second kappa shape index (κ2) is 8.06. The molecule has 4 heteroatoms. The van der Waals surface area contributed by atoms with Crippen LogP contribution in [-0.4, -0.2) is 35.0 Å². The summed E-state index contributed by atoms with van der Waals surface area (Å²) in [5, 5.41) is 3.79. The first kappa shape index (κ1) is 16.7. The lowest BCUT2D eigenvalue weighted by Crippen LogP contribution is -2.32. The molecule has 1 aliphatic heterocycles. The number of rotatable bonds is 6. The molecule has 2 unspecified atom stereocenters. The lowest BCUT2D eigenvalue weighted by Gasteiger charge is -2.25. The number of ether oxygens (including phenoxy) is 1. The van der Waals surface area contributed by atoms with Gasteiger partial charge in [-0.2, -0.15) is 0 Å². The molecule has 118 valence electrons. The van der Waals surface area contributed by atoms with Gasteiger partial charge in [0, 0.05) is 41.1 Å². The van der Waals surface area contributed by atoms with Crippen molar-refractivity contribution >= 4 is 10.8 Å². The predicted molar refractivity (Wildman–Crippen MR) is 89.2 cm³/mol. The zero-order valence-corrected chi connectivity index (χ0v) is 14.2. The van der Waals surface area contributed by atoms with Crippen molar-refractivity contribution in [3.8, 4) is 0 Å². The van der Waals surface area contributed by atoms with Crippen LogP contribution in [0.25, 0.3) is 0 Å². The topological polar surface area (TPSA) is 38.3 Å². The Balaban J connectivity index is 2.07. The molecule has 0 saturated carbocycles. The molecule has 0 aromatic heterocycles. The highest BCUT2D eigenvalue weighted by atomic mass is 32.2. The zero-order valence-electron chi connectivity index (χ0n) is 13.4. The van der Waals surface area contributed by atoms with Crippen molar-refractivity contribution in [3.05, 3.63) is 34.9 Å². The average Bonchev–Trinajstić information content (AvgIpc) is 2.50. The molecule has 1 N–H and O–H groups in total. The summed E-state index contributed by atoms with van der Waals surface area (Å²) in [6.45, 7) is 8.77. The van der Waals surface area contributed by atoms with E-state index in [1.165, 1.54) is 16.7 Å². The van der Waals surface area contributed by atoms with E-state index < -0.39 is 10.8 Å². The molecule has 0 radical (unpaired) electrons. The van der Waals surface area contributed by atoms with Crippen molar-refractivity contribution in [1.82, 2.24) is 5.32 Å². The Kier molecular flexibility index (Phi) is 6.40. The molecule has 0 amide bonds. The van der Waals surface area contributed by atoms with Gasteiger partial charge in [-0.3, -0.25) is 4.21 Å². The molecule has 2 rings (SSSR count). The van der Waals surface area contributed by atoms with E-state index in [0.29, 0.717) is 11.0 Å². The maximum atomic E-state index is 12.6. The third-order valence-corrected chi connectivity index (χ3v) is 6.13. The second-order valence-electron chi connectivity index (χ2n) is 5.81. The molecule has 1 heterocycles. The van der Waals surface area contributed by atoms with Crippen LogP contribution in [-0.2, 0) is 15.5 Å². The van der Waals surface area contributed by atoms with E-state index in [1.807, 2.05) is 0 Å². The Morgan fingerprint density at radius 2 is 2.00 bits per heavy atom. The van der Waals surface area contributed by atoms with Crippen molar-refractivity contribution in [2.75, 3.05) is 25.5 Å². The fourth-order valence-electron chi connectivity index (χ4n) is 2.74. The van der Waals surface area contributed by atoms with Crippen LogP contribution in [0.4, 0.5) is 0 Å². The van der Waals surface area contributed by atoms with E-state index in [4.69, 9.17) is 4.74 Å². The third kappa shape index (κ3) is 4.63. The first-order valence-corrected chi connectivity index (χ1v) is 9.25. The quantitative estimate of drug-likeness (QED) is 0.878. The molecule has 1 aromatic carbocycles. The smallest absolute Gasteiger partial charge is 0.0477 e. The molecule has 0 aliphatic carbocycles. The minimum absolute atomic E-state index is 0.179. The normalized spacial score (nSPS) is 19.4. The number of hydrogen-bond donors (Lipinski definition) is 1. The van der Waals surface area contributed by atoms with Gasteiger partial charge >= 0.3 is 0 Å². The maximum absolute atomic E-state index is 12.6. The lowest BCUT2D eigenvalue weighted by atomic mass is 10.0. The van der Waals surface area contributed by atoms with Crippen LogP contribution >= 0.6 is 0 Å². The van der Waals surface area contributed by atoms with Crippen LogP contribution < -0.4 is 5.32 Å². The highest BCUT2D eigenvalue weighted by Crippen LogP contribution is 2.21. The Bertz CT molecular complexity index is 484. The van der Waals surface area contributed by atoms with Crippen LogP contribution in [0.15, 0.2) is 18.2 Å². The lowest BCUT2D eigenvalue weighted by molar-refractivity contribution is 0.0992. The molecule has 1 aliphatic rings. The number of nitrogens with one attached hydrogen (secondary N) is 1. The minimum atomic E-state index is -0.793. The summed E-state index contributed by atoms with van der Waals surface area (Å²) in [6, 6.07) is 6.73. The van der Waals surface area contributed by atoms with Crippen molar-refractivity contribution in [1.29, 1.82) is 0 Å². The van der Waals surface area contributed by atoms with E-state index >= 15 is 0 Å². The van der Waals surface area contributed by atoms with Gasteiger partial charge < -0.3 is 10.1 Å². The summed E-state index contributed by atoms with van der Waals surface area (Å²) in [5.41, 5.74) is 3.85. The first-order chi connectivity index (χ1) is 10.1. The number of aryl methyl sites for hydroxylation is 2. The van der Waals surface area contributed by atoms with Gasteiger partial charge in [0.05, 0.1) is 0 Å². The molecule has 3 nitrogen and oxygen atoms in total. The van der Waals surface area contributed by atoms with Crippen molar-refractivity contribution in [2.45, 2.75) is 44.9 Å². The standard InChI is InChI=1S/C17H27NO2S/c1-4-18-17(15-6-5-13(2)14(3)11-15)12-21(19)16-7-9-20-10-8-16/h5-6,11,16-18H,4,7-10,12H2,1-3H3. The highest BCUT2D eigenvalue weighted by molar-refractivity contribution is 7.85. The zero-order chi connectivity index (χ0) is 15.2. The summed E-state index contributed by atoms with van der Waals surface area (Å²) in [5.74, 6) is 0.695. The summed E-state index contributed by atoms with van der Waals surface area (Å²) in [4.78, 5) is 0. The van der Waals surface area contributed by atoms with Gasteiger partial charge in [0.2, 0.25) is 0 Å². The van der Waals surface area contributed by atoms with Crippen LogP contribution in [0, 0.1) is 13.8 Å². The van der Waals surface area contributed by atoms with E-state index in [0.717, 1.165) is 32.6 Å². The third-order valence-electron chi connectivity index (χ3n) is 4.25. The minimum Gasteiger partial charge on any atom is -0.381 e. The van der Waals surface area contributed by atoms with Crippen molar-refractivity contribution in [3.63, 3.8) is 0 Å². The van der Waals surface area contributed by atoms with E-state index in [2.05, 4.69) is 44.3 Å². The molecule has 1 fully saturated rings. The first-order valence-electron chi connectivity index (χ1n) is 7.87. The fourth-order valence-corrected chi connectivity index (χ4v) is 4.37. The Labute approximate surface area is 130 Å². The van der Waals surface area contributed by atoms with Gasteiger partial charge in [0.15, 0.2) is 0 Å². The van der Waals surface area contributed by atoms with Gasteiger partial charge in [0.25, 0.3) is 0 Å². The van der Waals surface area contributed by atoms with Crippen LogP contribution in [0.1, 0.15) is 42.5 Å². The molecule has 0 spiro atoms. The van der Waals surface area contributed by atoms with Crippen molar-refractivity contribution in [2.24, 2.45) is 0 Å². The second-order valence-corrected chi connectivity index (χ2v) is 7.57. The monoisotopic (exact) mass is 309 g/mol. The van der Waals surface area contributed by atoms with Gasteiger partial charge in [-0.05, 0) is 49.9 Å². The molecular weight excluding hydrogens is 282 g/mol. The molecule has 2 atom stereocenters. The summed E-state index contributed by atoms with van der Waals surface area (Å²) in [6.07, 6.45) is 1.86. The van der Waals surface area contributed by atoms with Gasteiger partial charge in [-0.25, -0.2) is 0 Å². The summed E-state index contributed by atoms with van der Waals surface area (Å²) >= 11 is 0. The highest BCUT2D eigenvalue weighted by Gasteiger charge is 2.23. The summed E-state index contributed by atoms with van der Waals surface area (Å²) < 4.78 is 18.0. The molecule has 1 aromatic rings. The molecular formula is C17H27NO2S. The molecule has 21 heavy (non-hydrogen) atoms. The van der Waals surface area contributed by atoms with Crippen LogP contribution in [0.5, 0.6) is 0 Å². The Hall–Kier alpha value is -0.710. The van der Waals surface area contributed by atoms with Gasteiger partial charge in [-0.1, -0.05) is 25.1 Å². The SMILES string of the molecule is CCNC(CS(=O)C1CCOCC1)c1ccc(C)c(C)c1. The fraction of sp³-hybridized carbons (Fsp3) is 0.647. The predicted octanol–water partition coefficient (Wildman–Crippen LogP) is 2.88. The molecule has 0 bridgehead atoms. The number of benzene rings is 1. The van der Waals surface area contributed by atoms with Gasteiger partial charge in [-0.15, -0.1) is 0 Å². The van der Waals surface area contributed by atoms with E-state index in [9.17, 15) is 4.21 Å².